The van der Waals surface area contributed by atoms with Crippen molar-refractivity contribution in [3.63, 3.8) is 0 Å². The Kier molecular flexibility index (Phi) is 4.56. The molecule has 1 aromatic heterocycles. The Hall–Kier alpha value is -1.56. The van der Waals surface area contributed by atoms with E-state index in [2.05, 4.69) is 4.98 Å². The Bertz CT molecular complexity index is 561. The summed E-state index contributed by atoms with van der Waals surface area (Å²) in [6, 6.07) is 0. The molecule has 7 N–H and O–H groups in total. The average molecular weight is 303 g/mol. The summed E-state index contributed by atoms with van der Waals surface area (Å²) in [4.78, 5) is 14.9. The van der Waals surface area contributed by atoms with E-state index in [1.807, 2.05) is 0 Å². The molecule has 0 unspecified atom stereocenters. The van der Waals surface area contributed by atoms with Crippen LogP contribution in [-0.4, -0.2) is 66.1 Å². The highest BCUT2D eigenvalue weighted by molar-refractivity contribution is 5.39. The van der Waals surface area contributed by atoms with Gasteiger partial charge < -0.3 is 36.0 Å². The Morgan fingerprint density at radius 1 is 1.24 bits per heavy atom. The zero-order chi connectivity index (χ0) is 15.7. The average Bonchev–Trinajstić information content (AvgIpc) is 2.46. The van der Waals surface area contributed by atoms with Gasteiger partial charge in [-0.15, -0.1) is 0 Å². The molecule has 0 aromatic carbocycles. The van der Waals surface area contributed by atoms with Gasteiger partial charge in [-0.25, -0.2) is 4.79 Å². The number of nitrogen functional groups attached to an aromatic ring is 1. The van der Waals surface area contributed by atoms with Gasteiger partial charge in [-0.1, -0.05) is 0 Å². The molecule has 1 aliphatic heterocycles. The van der Waals surface area contributed by atoms with Crippen LogP contribution in [0.25, 0.3) is 0 Å². The van der Waals surface area contributed by atoms with Crippen LogP contribution in [0.1, 0.15) is 11.7 Å². The van der Waals surface area contributed by atoms with Crippen molar-refractivity contribution in [2.24, 2.45) is 0 Å². The molecule has 1 fully saturated rings. The number of hydrogen-bond acceptors (Lipinski definition) is 9. The SMILES string of the molecule is Nc1nc(=O)n(CO)cc1[C@@H]1O[C@H](CO)[C@@H](O)[C@H](O)[C@H]1O. The van der Waals surface area contributed by atoms with Crippen LogP contribution in [0.15, 0.2) is 11.0 Å². The molecule has 1 saturated heterocycles. The van der Waals surface area contributed by atoms with Crippen molar-refractivity contribution >= 4 is 5.82 Å². The third-order valence-electron chi connectivity index (χ3n) is 3.40. The first-order valence-electron chi connectivity index (χ1n) is 6.19. The molecule has 1 aliphatic rings. The molecule has 2 rings (SSSR count). The number of nitrogens with two attached hydrogens (primary N) is 1. The van der Waals surface area contributed by atoms with Crippen molar-refractivity contribution in [3.05, 3.63) is 22.2 Å². The maximum atomic E-state index is 11.4. The number of ether oxygens (including phenoxy) is 1. The predicted molar refractivity (Wildman–Crippen MR) is 67.8 cm³/mol. The molecular weight excluding hydrogens is 286 g/mol. The summed E-state index contributed by atoms with van der Waals surface area (Å²) in [5.74, 6) is -0.242. The highest BCUT2D eigenvalue weighted by atomic mass is 16.5. The summed E-state index contributed by atoms with van der Waals surface area (Å²) in [5.41, 5.74) is 4.87. The number of aromatic nitrogens is 2. The van der Waals surface area contributed by atoms with E-state index in [0.29, 0.717) is 0 Å². The summed E-state index contributed by atoms with van der Waals surface area (Å²) in [7, 11) is 0. The van der Waals surface area contributed by atoms with Crippen LogP contribution in [0.4, 0.5) is 5.82 Å². The van der Waals surface area contributed by atoms with E-state index in [4.69, 9.17) is 20.7 Å². The zero-order valence-electron chi connectivity index (χ0n) is 10.9. The molecule has 10 nitrogen and oxygen atoms in total. The van der Waals surface area contributed by atoms with Crippen LogP contribution in [0, 0.1) is 0 Å². The van der Waals surface area contributed by atoms with Crippen LogP contribution < -0.4 is 11.4 Å². The second-order valence-electron chi connectivity index (χ2n) is 4.72. The molecule has 2 heterocycles. The normalized spacial score (nSPS) is 33.1. The maximum absolute atomic E-state index is 11.4. The quantitative estimate of drug-likeness (QED) is 0.328. The Morgan fingerprint density at radius 2 is 1.90 bits per heavy atom. The summed E-state index contributed by atoms with van der Waals surface area (Å²) < 4.78 is 6.14. The van der Waals surface area contributed by atoms with Crippen LogP contribution in [0.2, 0.25) is 0 Å². The van der Waals surface area contributed by atoms with Gasteiger partial charge >= 0.3 is 5.69 Å². The third-order valence-corrected chi connectivity index (χ3v) is 3.40. The molecule has 0 aliphatic carbocycles. The van der Waals surface area contributed by atoms with Gasteiger partial charge in [0.25, 0.3) is 0 Å². The molecule has 0 bridgehead atoms. The highest BCUT2D eigenvalue weighted by Crippen LogP contribution is 2.33. The fourth-order valence-electron chi connectivity index (χ4n) is 2.20. The van der Waals surface area contributed by atoms with E-state index < -0.39 is 49.5 Å². The van der Waals surface area contributed by atoms with Gasteiger partial charge in [-0.3, -0.25) is 4.57 Å². The number of aliphatic hydroxyl groups is 5. The minimum absolute atomic E-state index is 0.0561. The molecule has 0 saturated carbocycles. The smallest absolute Gasteiger partial charge is 0.351 e. The Balaban J connectivity index is 2.42. The fourth-order valence-corrected chi connectivity index (χ4v) is 2.20. The predicted octanol–water partition coefficient (Wildman–Crippen LogP) is -3.71. The minimum atomic E-state index is -1.57. The molecule has 0 amide bonds. The lowest BCUT2D eigenvalue weighted by molar-refractivity contribution is -0.231. The maximum Gasteiger partial charge on any atom is 0.351 e. The lowest BCUT2D eigenvalue weighted by Gasteiger charge is -2.40. The molecule has 0 spiro atoms. The first-order valence-corrected chi connectivity index (χ1v) is 6.19. The molecule has 10 heteroatoms. The zero-order valence-corrected chi connectivity index (χ0v) is 10.9. The molecule has 1 aromatic rings. The van der Waals surface area contributed by atoms with Crippen molar-refractivity contribution in [2.45, 2.75) is 37.3 Å². The number of hydrogen-bond donors (Lipinski definition) is 6. The molecule has 118 valence electrons. The van der Waals surface area contributed by atoms with E-state index in [0.717, 1.165) is 10.8 Å². The summed E-state index contributed by atoms with van der Waals surface area (Å²) in [5, 5.41) is 47.6. The van der Waals surface area contributed by atoms with Gasteiger partial charge in [-0.2, -0.15) is 4.98 Å². The van der Waals surface area contributed by atoms with Crippen molar-refractivity contribution in [3.8, 4) is 0 Å². The van der Waals surface area contributed by atoms with Gasteiger partial charge in [0.1, 0.15) is 43.1 Å². The van der Waals surface area contributed by atoms with Gasteiger partial charge in [0.2, 0.25) is 0 Å². The number of rotatable bonds is 3. The van der Waals surface area contributed by atoms with Crippen LogP contribution in [-0.2, 0) is 11.5 Å². The minimum Gasteiger partial charge on any atom is -0.394 e. The standard InChI is InChI=1S/C11H17N3O7/c12-10-4(1-14(3-16)11(20)13-10)9-8(19)7(18)6(17)5(2-15)21-9/h1,5-9,15-19H,2-3H2,(H2,12,13,20)/t5-,6-,7+,8-,9+/m1/s1. The molecule has 0 radical (unpaired) electrons. The molecule has 5 atom stereocenters. The van der Waals surface area contributed by atoms with Crippen molar-refractivity contribution in [1.82, 2.24) is 9.55 Å². The van der Waals surface area contributed by atoms with Crippen LogP contribution in [0.3, 0.4) is 0 Å². The topological polar surface area (TPSA) is 171 Å². The van der Waals surface area contributed by atoms with Gasteiger partial charge in [0.05, 0.1) is 6.61 Å². The highest BCUT2D eigenvalue weighted by Gasteiger charge is 2.44. The van der Waals surface area contributed by atoms with E-state index in [-0.39, 0.29) is 11.4 Å². The van der Waals surface area contributed by atoms with Crippen LogP contribution >= 0.6 is 0 Å². The molecule has 21 heavy (non-hydrogen) atoms. The van der Waals surface area contributed by atoms with E-state index in [1.165, 1.54) is 0 Å². The first kappa shape index (κ1) is 15.8. The van der Waals surface area contributed by atoms with E-state index in [1.54, 1.807) is 0 Å². The number of nitrogens with zero attached hydrogens (tertiary/aromatic N) is 2. The summed E-state index contributed by atoms with van der Waals surface area (Å²) in [6.45, 7) is -1.25. The van der Waals surface area contributed by atoms with Crippen molar-refractivity contribution in [1.29, 1.82) is 0 Å². The number of anilines is 1. The summed E-state index contributed by atoms with van der Waals surface area (Å²) >= 11 is 0. The van der Waals surface area contributed by atoms with Crippen molar-refractivity contribution in [2.75, 3.05) is 12.3 Å². The molecular formula is C11H17N3O7. The van der Waals surface area contributed by atoms with Crippen molar-refractivity contribution < 1.29 is 30.3 Å². The van der Waals surface area contributed by atoms with Gasteiger partial charge in [0, 0.05) is 11.8 Å². The van der Waals surface area contributed by atoms with Crippen LogP contribution in [0.5, 0.6) is 0 Å². The van der Waals surface area contributed by atoms with E-state index >= 15 is 0 Å². The first-order chi connectivity index (χ1) is 9.90. The third kappa shape index (κ3) is 2.77. The lowest BCUT2D eigenvalue weighted by Crippen LogP contribution is -2.55. The fraction of sp³-hybridized carbons (Fsp3) is 0.636. The second kappa shape index (κ2) is 6.05. The Morgan fingerprint density at radius 3 is 2.48 bits per heavy atom. The summed E-state index contributed by atoms with van der Waals surface area (Å²) in [6.07, 6.45) is -5.81. The van der Waals surface area contributed by atoms with Gasteiger partial charge in [0.15, 0.2) is 0 Å². The van der Waals surface area contributed by atoms with Gasteiger partial charge in [-0.05, 0) is 0 Å². The Labute approximate surface area is 118 Å². The number of aliphatic hydroxyl groups excluding tert-OH is 5. The monoisotopic (exact) mass is 303 g/mol. The largest absolute Gasteiger partial charge is 0.394 e. The second-order valence-corrected chi connectivity index (χ2v) is 4.72. The lowest BCUT2D eigenvalue weighted by atomic mass is 9.92. The van der Waals surface area contributed by atoms with E-state index in [9.17, 15) is 20.1 Å².